The number of nitrogens with zero attached hydrogens (tertiary/aromatic N) is 3. The van der Waals surface area contributed by atoms with Crippen LogP contribution in [0.15, 0.2) is 30.3 Å². The van der Waals surface area contributed by atoms with Crippen molar-refractivity contribution in [1.29, 1.82) is 0 Å². The molecule has 0 fully saturated rings. The van der Waals surface area contributed by atoms with Gasteiger partial charge in [-0.05, 0) is 33.0 Å². The molecule has 0 radical (unpaired) electrons. The molecule has 2 amide bonds. The molecule has 2 N–H and O–H groups in total. The van der Waals surface area contributed by atoms with Gasteiger partial charge in [0.05, 0.1) is 35.9 Å². The van der Waals surface area contributed by atoms with Gasteiger partial charge in [0.15, 0.2) is 0 Å². The second-order valence-corrected chi connectivity index (χ2v) is 5.69. The minimum absolute atomic E-state index is 0.128. The van der Waals surface area contributed by atoms with E-state index in [1.54, 1.807) is 23.7 Å². The van der Waals surface area contributed by atoms with E-state index in [9.17, 15) is 9.59 Å². The van der Waals surface area contributed by atoms with Crippen molar-refractivity contribution in [2.45, 2.75) is 13.8 Å². The van der Waals surface area contributed by atoms with Gasteiger partial charge in [-0.2, -0.15) is 5.10 Å². The van der Waals surface area contributed by atoms with E-state index in [1.807, 2.05) is 44.2 Å². The summed E-state index contributed by atoms with van der Waals surface area (Å²) < 4.78 is 1.80. The van der Waals surface area contributed by atoms with Crippen LogP contribution >= 0.6 is 0 Å². The average molecular weight is 329 g/mol. The van der Waals surface area contributed by atoms with Crippen molar-refractivity contribution >= 4 is 17.5 Å². The number of carbonyl (C=O) groups is 2. The Labute approximate surface area is 141 Å². The highest BCUT2D eigenvalue weighted by Crippen LogP contribution is 2.22. The summed E-state index contributed by atoms with van der Waals surface area (Å²) in [6.07, 6.45) is 0. The second-order valence-electron chi connectivity index (χ2n) is 5.69. The highest BCUT2D eigenvalue weighted by molar-refractivity contribution is 5.93. The first-order valence-electron chi connectivity index (χ1n) is 7.73. The fourth-order valence-corrected chi connectivity index (χ4v) is 2.45. The molecule has 0 aliphatic carbocycles. The summed E-state index contributed by atoms with van der Waals surface area (Å²) in [5.41, 5.74) is 3.26. The minimum atomic E-state index is -0.180. The van der Waals surface area contributed by atoms with Crippen LogP contribution in [-0.2, 0) is 9.59 Å². The van der Waals surface area contributed by atoms with Crippen molar-refractivity contribution in [2.24, 2.45) is 0 Å². The quantitative estimate of drug-likeness (QED) is 0.832. The number of aromatic nitrogens is 2. The van der Waals surface area contributed by atoms with Crippen molar-refractivity contribution in [1.82, 2.24) is 20.0 Å². The molecule has 0 atom stereocenters. The van der Waals surface area contributed by atoms with Crippen LogP contribution in [-0.4, -0.2) is 53.7 Å². The van der Waals surface area contributed by atoms with E-state index in [2.05, 4.69) is 15.7 Å². The first-order chi connectivity index (χ1) is 11.4. The van der Waals surface area contributed by atoms with Crippen molar-refractivity contribution < 1.29 is 9.59 Å². The number of para-hydroxylation sites is 1. The van der Waals surface area contributed by atoms with Gasteiger partial charge in [-0.15, -0.1) is 0 Å². The summed E-state index contributed by atoms with van der Waals surface area (Å²) in [4.78, 5) is 25.2. The largest absolute Gasteiger partial charge is 0.358 e. The lowest BCUT2D eigenvalue weighted by atomic mass is 10.3. The molecule has 1 aromatic carbocycles. The lowest BCUT2D eigenvalue weighted by Crippen LogP contribution is -2.37. The molecule has 0 bridgehead atoms. The number of carbonyl (C=O) groups excluding carboxylic acids is 2. The number of nitrogens with one attached hydrogen (secondary N) is 2. The number of amides is 2. The molecule has 1 aromatic heterocycles. The zero-order chi connectivity index (χ0) is 17.7. The van der Waals surface area contributed by atoms with Crippen LogP contribution in [0.25, 0.3) is 5.69 Å². The highest BCUT2D eigenvalue weighted by Gasteiger charge is 2.16. The topological polar surface area (TPSA) is 79.3 Å². The van der Waals surface area contributed by atoms with Gasteiger partial charge in [-0.25, -0.2) is 4.68 Å². The van der Waals surface area contributed by atoms with E-state index in [0.717, 1.165) is 17.1 Å². The predicted molar refractivity (Wildman–Crippen MR) is 93.2 cm³/mol. The number of benzene rings is 1. The monoisotopic (exact) mass is 329 g/mol. The second kappa shape index (κ2) is 7.74. The predicted octanol–water partition coefficient (Wildman–Crippen LogP) is 1.11. The Hall–Kier alpha value is -2.67. The smallest absolute Gasteiger partial charge is 0.238 e. The van der Waals surface area contributed by atoms with E-state index in [-0.39, 0.29) is 24.9 Å². The molecule has 0 unspecified atom stereocenters. The first kappa shape index (κ1) is 17.7. The summed E-state index contributed by atoms with van der Waals surface area (Å²) in [5, 5.41) is 9.93. The van der Waals surface area contributed by atoms with Crippen LogP contribution in [0.1, 0.15) is 11.4 Å². The zero-order valence-electron chi connectivity index (χ0n) is 14.5. The molecule has 0 saturated carbocycles. The standard InChI is InChI=1S/C17H23N5O2/c1-12-17(19-16(24)11-21(4)10-15(23)18-3)13(2)22(20-12)14-8-6-5-7-9-14/h5-9H,10-11H2,1-4H3,(H,18,23)(H,19,24). The van der Waals surface area contributed by atoms with E-state index in [1.165, 1.54) is 0 Å². The van der Waals surface area contributed by atoms with Crippen LogP contribution in [0.4, 0.5) is 5.69 Å². The number of hydrogen-bond acceptors (Lipinski definition) is 4. The normalized spacial score (nSPS) is 10.7. The van der Waals surface area contributed by atoms with E-state index in [0.29, 0.717) is 5.69 Å². The number of aryl methyl sites for hydroxylation is 1. The molecule has 2 rings (SSSR count). The number of likely N-dealkylation sites (N-methyl/N-ethyl adjacent to an activating group) is 2. The maximum Gasteiger partial charge on any atom is 0.238 e. The third-order valence-corrected chi connectivity index (χ3v) is 3.66. The average Bonchev–Trinajstić information content (AvgIpc) is 2.83. The SMILES string of the molecule is CNC(=O)CN(C)CC(=O)Nc1c(C)nn(-c2ccccc2)c1C. The minimum Gasteiger partial charge on any atom is -0.358 e. The van der Waals surface area contributed by atoms with Gasteiger partial charge in [-0.3, -0.25) is 14.5 Å². The molecule has 24 heavy (non-hydrogen) atoms. The molecule has 128 valence electrons. The third-order valence-electron chi connectivity index (χ3n) is 3.66. The van der Waals surface area contributed by atoms with E-state index < -0.39 is 0 Å². The maximum atomic E-state index is 12.2. The number of rotatable bonds is 6. The number of anilines is 1. The van der Waals surface area contributed by atoms with Gasteiger partial charge in [0, 0.05) is 7.05 Å². The molecule has 1 heterocycles. The van der Waals surface area contributed by atoms with Gasteiger partial charge in [-0.1, -0.05) is 18.2 Å². The Bertz CT molecular complexity index is 724. The number of hydrogen-bond donors (Lipinski definition) is 2. The first-order valence-corrected chi connectivity index (χ1v) is 7.73. The Kier molecular flexibility index (Phi) is 5.70. The highest BCUT2D eigenvalue weighted by atomic mass is 16.2. The van der Waals surface area contributed by atoms with E-state index in [4.69, 9.17) is 0 Å². The van der Waals surface area contributed by atoms with Gasteiger partial charge in [0.25, 0.3) is 0 Å². The zero-order valence-corrected chi connectivity index (χ0v) is 14.5. The molecule has 7 nitrogen and oxygen atoms in total. The van der Waals surface area contributed by atoms with Gasteiger partial charge in [0.2, 0.25) is 11.8 Å². The fourth-order valence-electron chi connectivity index (χ4n) is 2.45. The van der Waals surface area contributed by atoms with Gasteiger partial charge >= 0.3 is 0 Å². The van der Waals surface area contributed by atoms with Gasteiger partial charge in [0.1, 0.15) is 0 Å². The van der Waals surface area contributed by atoms with E-state index >= 15 is 0 Å². The molecule has 0 saturated heterocycles. The molecule has 0 aliphatic heterocycles. The molecular formula is C17H23N5O2. The van der Waals surface area contributed by atoms with Crippen LogP contribution in [0.2, 0.25) is 0 Å². The third kappa shape index (κ3) is 4.20. The van der Waals surface area contributed by atoms with Crippen molar-refractivity contribution in [3.05, 3.63) is 41.7 Å². The lowest BCUT2D eigenvalue weighted by Gasteiger charge is -2.15. The summed E-state index contributed by atoms with van der Waals surface area (Å²) in [5.74, 6) is -0.310. The van der Waals surface area contributed by atoms with Crippen LogP contribution in [0, 0.1) is 13.8 Å². The molecule has 7 heteroatoms. The lowest BCUT2D eigenvalue weighted by molar-refractivity contribution is -0.122. The van der Waals surface area contributed by atoms with Crippen LogP contribution in [0.5, 0.6) is 0 Å². The molecule has 0 spiro atoms. The summed E-state index contributed by atoms with van der Waals surface area (Å²) in [6, 6.07) is 9.75. The van der Waals surface area contributed by atoms with Crippen LogP contribution < -0.4 is 10.6 Å². The van der Waals surface area contributed by atoms with Crippen molar-refractivity contribution in [2.75, 3.05) is 32.5 Å². The Morgan fingerprint density at radius 2 is 1.75 bits per heavy atom. The van der Waals surface area contributed by atoms with Crippen molar-refractivity contribution in [3.63, 3.8) is 0 Å². The fraction of sp³-hybridized carbons (Fsp3) is 0.353. The molecular weight excluding hydrogens is 306 g/mol. The Morgan fingerprint density at radius 3 is 2.38 bits per heavy atom. The van der Waals surface area contributed by atoms with Gasteiger partial charge < -0.3 is 10.6 Å². The summed E-state index contributed by atoms with van der Waals surface area (Å²) in [7, 11) is 3.29. The summed E-state index contributed by atoms with van der Waals surface area (Å²) in [6.45, 7) is 4.07. The van der Waals surface area contributed by atoms with Crippen molar-refractivity contribution in [3.8, 4) is 5.69 Å². The molecule has 2 aromatic rings. The maximum absolute atomic E-state index is 12.2. The van der Waals surface area contributed by atoms with Crippen LogP contribution in [0.3, 0.4) is 0 Å². The summed E-state index contributed by atoms with van der Waals surface area (Å²) >= 11 is 0. The Balaban J connectivity index is 2.09. The molecule has 0 aliphatic rings. The Morgan fingerprint density at radius 1 is 1.12 bits per heavy atom.